The van der Waals surface area contributed by atoms with E-state index in [-0.39, 0.29) is 11.3 Å². The Hall–Kier alpha value is -4.19. The lowest BCUT2D eigenvalue weighted by molar-refractivity contribution is 0.0735. The van der Waals surface area contributed by atoms with Crippen LogP contribution >= 0.6 is 0 Å². The van der Waals surface area contributed by atoms with E-state index in [1.807, 2.05) is 25.1 Å². The van der Waals surface area contributed by atoms with E-state index >= 15 is 0 Å². The number of ether oxygens (including phenoxy) is 1. The van der Waals surface area contributed by atoms with Crippen LogP contribution in [0.3, 0.4) is 0 Å². The molecule has 0 aliphatic rings. The van der Waals surface area contributed by atoms with E-state index in [1.165, 1.54) is 4.57 Å². The van der Waals surface area contributed by atoms with Crippen LogP contribution in [0.2, 0.25) is 0 Å². The molecule has 0 fully saturated rings. The van der Waals surface area contributed by atoms with Crippen molar-refractivity contribution in [2.75, 3.05) is 5.32 Å². The van der Waals surface area contributed by atoms with Crippen LogP contribution in [-0.2, 0) is 13.5 Å². The summed E-state index contributed by atoms with van der Waals surface area (Å²) in [6, 6.07) is 22.8. The summed E-state index contributed by atoms with van der Waals surface area (Å²) in [7, 11) is 1.60. The Morgan fingerprint density at radius 2 is 1.56 bits per heavy atom. The van der Waals surface area contributed by atoms with Crippen LogP contribution in [0.1, 0.15) is 33.2 Å². The van der Waals surface area contributed by atoms with Gasteiger partial charge in [-0.1, -0.05) is 55.5 Å². The summed E-state index contributed by atoms with van der Waals surface area (Å²) < 4.78 is 7.18. The van der Waals surface area contributed by atoms with Crippen molar-refractivity contribution in [1.82, 2.24) is 4.57 Å². The predicted octanol–water partition coefficient (Wildman–Crippen LogP) is 4.57. The van der Waals surface area contributed by atoms with E-state index in [2.05, 4.69) is 5.32 Å². The molecule has 0 radical (unpaired) electrons. The Kier molecular flexibility index (Phi) is 5.85. The Morgan fingerprint density at radius 3 is 2.22 bits per heavy atom. The largest absolute Gasteiger partial charge is 0.421 e. The van der Waals surface area contributed by atoms with Gasteiger partial charge in [0.05, 0.1) is 11.1 Å². The summed E-state index contributed by atoms with van der Waals surface area (Å²) in [6.07, 6.45) is 0.630. The monoisotopic (exact) mass is 426 g/mol. The molecule has 4 aromatic rings. The van der Waals surface area contributed by atoms with Crippen molar-refractivity contribution < 1.29 is 14.3 Å². The SMILES string of the molecule is CCc1cccc2c1c(OC(=O)c1ccccc1)c(C(=O)Nc1ccccc1)c(=O)n2C. The van der Waals surface area contributed by atoms with E-state index in [4.69, 9.17) is 4.74 Å². The minimum atomic E-state index is -0.639. The van der Waals surface area contributed by atoms with Gasteiger partial charge in [0.2, 0.25) is 0 Å². The highest BCUT2D eigenvalue weighted by atomic mass is 16.5. The number of aromatic nitrogens is 1. The fraction of sp³-hybridized carbons (Fsp3) is 0.115. The number of fused-ring (bicyclic) bond motifs is 1. The standard InChI is InChI=1S/C26H22N2O4/c1-3-17-13-10-16-20-21(17)23(32-26(31)18-11-6-4-7-12-18)22(25(30)28(20)2)24(29)27-19-14-8-5-9-15-19/h4-16H,3H2,1-2H3,(H,27,29). The van der Waals surface area contributed by atoms with Crippen LogP contribution in [0.15, 0.2) is 83.7 Å². The zero-order valence-electron chi connectivity index (χ0n) is 17.8. The number of aryl methyl sites for hydroxylation is 2. The van der Waals surface area contributed by atoms with Crippen LogP contribution in [0.25, 0.3) is 10.9 Å². The number of esters is 1. The summed E-state index contributed by atoms with van der Waals surface area (Å²) in [4.78, 5) is 39.4. The first-order chi connectivity index (χ1) is 15.5. The molecule has 0 unspecified atom stereocenters. The first-order valence-electron chi connectivity index (χ1n) is 10.3. The number of carbonyl (C=O) groups is 2. The molecular formula is C26H22N2O4. The fourth-order valence-corrected chi connectivity index (χ4v) is 3.67. The van der Waals surface area contributed by atoms with E-state index in [9.17, 15) is 14.4 Å². The number of anilines is 1. The quantitative estimate of drug-likeness (QED) is 0.474. The van der Waals surface area contributed by atoms with Gasteiger partial charge >= 0.3 is 5.97 Å². The van der Waals surface area contributed by atoms with Crippen molar-refractivity contribution in [3.8, 4) is 5.75 Å². The maximum Gasteiger partial charge on any atom is 0.343 e. The first kappa shape index (κ1) is 21.1. The smallest absolute Gasteiger partial charge is 0.343 e. The highest BCUT2D eigenvalue weighted by Crippen LogP contribution is 2.32. The molecule has 6 nitrogen and oxygen atoms in total. The van der Waals surface area contributed by atoms with Crippen molar-refractivity contribution in [1.29, 1.82) is 0 Å². The van der Waals surface area contributed by atoms with Crippen LogP contribution in [-0.4, -0.2) is 16.4 Å². The van der Waals surface area contributed by atoms with Gasteiger partial charge in [0.25, 0.3) is 11.5 Å². The van der Waals surface area contributed by atoms with Gasteiger partial charge in [0.1, 0.15) is 5.56 Å². The molecule has 1 N–H and O–H groups in total. The summed E-state index contributed by atoms with van der Waals surface area (Å²) in [5.74, 6) is -1.30. The van der Waals surface area contributed by atoms with E-state index in [0.29, 0.717) is 28.6 Å². The van der Waals surface area contributed by atoms with Crippen LogP contribution in [0.4, 0.5) is 5.69 Å². The van der Waals surface area contributed by atoms with Crippen LogP contribution < -0.4 is 15.6 Å². The lowest BCUT2D eigenvalue weighted by Crippen LogP contribution is -2.30. The van der Waals surface area contributed by atoms with Gasteiger partial charge in [-0.2, -0.15) is 0 Å². The molecule has 0 spiro atoms. The highest BCUT2D eigenvalue weighted by molar-refractivity contribution is 6.10. The van der Waals surface area contributed by atoms with Crippen molar-refractivity contribution in [3.05, 3.63) is 106 Å². The molecule has 1 heterocycles. The molecule has 0 saturated carbocycles. The number of nitrogens with one attached hydrogen (secondary N) is 1. The zero-order chi connectivity index (χ0) is 22.7. The fourth-order valence-electron chi connectivity index (χ4n) is 3.67. The number of benzene rings is 3. The second-order valence-corrected chi connectivity index (χ2v) is 7.31. The average molecular weight is 426 g/mol. The number of carbonyl (C=O) groups excluding carboxylic acids is 2. The van der Waals surface area contributed by atoms with E-state index < -0.39 is 17.4 Å². The van der Waals surface area contributed by atoms with Gasteiger partial charge in [-0.3, -0.25) is 9.59 Å². The van der Waals surface area contributed by atoms with Crippen molar-refractivity contribution in [3.63, 3.8) is 0 Å². The molecule has 4 rings (SSSR count). The number of amides is 1. The minimum Gasteiger partial charge on any atom is -0.421 e. The lowest BCUT2D eigenvalue weighted by atomic mass is 10.0. The van der Waals surface area contributed by atoms with Gasteiger partial charge in [-0.05, 0) is 42.3 Å². The van der Waals surface area contributed by atoms with Gasteiger partial charge in [-0.15, -0.1) is 0 Å². The first-order valence-corrected chi connectivity index (χ1v) is 10.3. The number of rotatable bonds is 5. The minimum absolute atomic E-state index is 0.0252. The zero-order valence-corrected chi connectivity index (χ0v) is 17.8. The normalized spacial score (nSPS) is 10.7. The van der Waals surface area contributed by atoms with E-state index in [0.717, 1.165) is 5.56 Å². The molecule has 0 aliphatic heterocycles. The maximum absolute atomic E-state index is 13.3. The Morgan fingerprint density at radius 1 is 0.906 bits per heavy atom. The molecule has 32 heavy (non-hydrogen) atoms. The summed E-state index contributed by atoms with van der Waals surface area (Å²) in [5.41, 5.74) is 1.54. The molecule has 0 saturated heterocycles. The van der Waals surface area contributed by atoms with Crippen LogP contribution in [0.5, 0.6) is 5.75 Å². The Bertz CT molecular complexity index is 1360. The lowest BCUT2D eigenvalue weighted by Gasteiger charge is -2.17. The van der Waals surface area contributed by atoms with Crippen molar-refractivity contribution in [2.24, 2.45) is 7.05 Å². The highest BCUT2D eigenvalue weighted by Gasteiger charge is 2.26. The molecule has 0 aliphatic carbocycles. The number of hydrogen-bond acceptors (Lipinski definition) is 4. The van der Waals surface area contributed by atoms with Crippen LogP contribution in [0, 0.1) is 0 Å². The summed E-state index contributed by atoms with van der Waals surface area (Å²) >= 11 is 0. The second-order valence-electron chi connectivity index (χ2n) is 7.31. The summed E-state index contributed by atoms with van der Waals surface area (Å²) in [6.45, 7) is 1.96. The number of hydrogen-bond donors (Lipinski definition) is 1. The third kappa shape index (κ3) is 3.90. The molecule has 160 valence electrons. The second kappa shape index (κ2) is 8.89. The molecule has 0 atom stereocenters. The third-order valence-corrected chi connectivity index (χ3v) is 5.31. The molecule has 0 bridgehead atoms. The van der Waals surface area contributed by atoms with E-state index in [1.54, 1.807) is 67.7 Å². The summed E-state index contributed by atoms with van der Waals surface area (Å²) in [5, 5.41) is 3.31. The van der Waals surface area contributed by atoms with Gasteiger partial charge < -0.3 is 14.6 Å². The molecular weight excluding hydrogens is 404 g/mol. The number of nitrogens with zero attached hydrogens (tertiary/aromatic N) is 1. The van der Waals surface area contributed by atoms with Gasteiger partial charge in [-0.25, -0.2) is 4.79 Å². The molecule has 3 aromatic carbocycles. The number of pyridine rings is 1. The Balaban J connectivity index is 1.94. The molecule has 1 aromatic heterocycles. The average Bonchev–Trinajstić information content (AvgIpc) is 2.83. The maximum atomic E-state index is 13.3. The third-order valence-electron chi connectivity index (χ3n) is 5.31. The van der Waals surface area contributed by atoms with Crippen molar-refractivity contribution in [2.45, 2.75) is 13.3 Å². The number of para-hydroxylation sites is 1. The van der Waals surface area contributed by atoms with Crippen molar-refractivity contribution >= 4 is 28.5 Å². The van der Waals surface area contributed by atoms with Gasteiger partial charge in [0.15, 0.2) is 5.75 Å². The molecule has 6 heteroatoms. The van der Waals surface area contributed by atoms with Gasteiger partial charge in [0, 0.05) is 18.1 Å². The topological polar surface area (TPSA) is 77.4 Å². The predicted molar refractivity (Wildman–Crippen MR) is 124 cm³/mol. The molecule has 1 amide bonds. The Labute approximate surface area is 185 Å².